The van der Waals surface area contributed by atoms with Gasteiger partial charge in [0.25, 0.3) is 5.91 Å². The number of ether oxygens (including phenoxy) is 2. The SMILES string of the molecule is O=C(NCc1ccc2c(c1)OCO2)c1cccnc1N1CCN(C(=O)NCc2ccc(Cl)cc2)CC1. The summed E-state index contributed by atoms with van der Waals surface area (Å²) in [4.78, 5) is 33.9. The average Bonchev–Trinajstić information content (AvgIpc) is 3.39. The highest BCUT2D eigenvalue weighted by Crippen LogP contribution is 2.32. The van der Waals surface area contributed by atoms with Crippen LogP contribution in [-0.4, -0.2) is 54.8 Å². The Morgan fingerprint density at radius 1 is 0.889 bits per heavy atom. The molecule has 3 aromatic rings. The van der Waals surface area contributed by atoms with Crippen LogP contribution in [0.2, 0.25) is 5.02 Å². The normalized spacial score (nSPS) is 14.5. The van der Waals surface area contributed by atoms with E-state index in [4.69, 9.17) is 21.1 Å². The first-order valence-corrected chi connectivity index (χ1v) is 12.1. The van der Waals surface area contributed by atoms with Gasteiger partial charge in [-0.1, -0.05) is 29.8 Å². The number of hydrogen-bond donors (Lipinski definition) is 2. The highest BCUT2D eigenvalue weighted by Gasteiger charge is 2.25. The van der Waals surface area contributed by atoms with E-state index in [0.717, 1.165) is 11.1 Å². The molecule has 2 aromatic carbocycles. The van der Waals surface area contributed by atoms with E-state index >= 15 is 0 Å². The third-order valence-electron chi connectivity index (χ3n) is 6.14. The number of piperazine rings is 1. The molecule has 0 radical (unpaired) electrons. The Balaban J connectivity index is 1.15. The molecule has 0 spiro atoms. The molecule has 10 heteroatoms. The standard InChI is InChI=1S/C26H26ClN5O4/c27-20-6-3-18(4-7-20)15-30-26(34)32-12-10-31(11-13-32)24-21(2-1-9-28-24)25(33)29-16-19-5-8-22-23(14-19)36-17-35-22/h1-9,14H,10-13,15-17H2,(H,29,33)(H,30,34). The fourth-order valence-electron chi connectivity index (χ4n) is 4.17. The molecule has 36 heavy (non-hydrogen) atoms. The lowest BCUT2D eigenvalue weighted by molar-refractivity contribution is 0.0950. The molecule has 0 atom stereocenters. The van der Waals surface area contributed by atoms with Crippen LogP contribution in [0.1, 0.15) is 21.5 Å². The molecule has 0 saturated carbocycles. The van der Waals surface area contributed by atoms with Crippen LogP contribution in [0, 0.1) is 0 Å². The van der Waals surface area contributed by atoms with Gasteiger partial charge in [-0.25, -0.2) is 9.78 Å². The number of pyridine rings is 1. The molecule has 1 saturated heterocycles. The zero-order chi connectivity index (χ0) is 24.9. The van der Waals surface area contributed by atoms with Crippen LogP contribution in [0.25, 0.3) is 0 Å². The van der Waals surface area contributed by atoms with Crippen molar-refractivity contribution in [2.24, 2.45) is 0 Å². The molecular formula is C26H26ClN5O4. The van der Waals surface area contributed by atoms with E-state index in [1.54, 1.807) is 35.4 Å². The highest BCUT2D eigenvalue weighted by molar-refractivity contribution is 6.30. The number of aromatic nitrogens is 1. The van der Waals surface area contributed by atoms with Gasteiger partial charge in [0.1, 0.15) is 5.82 Å². The number of carbonyl (C=O) groups is 2. The molecule has 0 aliphatic carbocycles. The molecule has 9 nitrogen and oxygen atoms in total. The summed E-state index contributed by atoms with van der Waals surface area (Å²) in [5, 5.41) is 6.58. The molecule has 2 aliphatic rings. The van der Waals surface area contributed by atoms with E-state index in [9.17, 15) is 9.59 Å². The topological polar surface area (TPSA) is 96.0 Å². The Hall–Kier alpha value is -3.98. The van der Waals surface area contributed by atoms with Crippen molar-refractivity contribution in [1.82, 2.24) is 20.5 Å². The first-order chi connectivity index (χ1) is 17.6. The number of carbonyl (C=O) groups excluding carboxylic acids is 2. The third-order valence-corrected chi connectivity index (χ3v) is 6.40. The largest absolute Gasteiger partial charge is 0.454 e. The highest BCUT2D eigenvalue weighted by atomic mass is 35.5. The van der Waals surface area contributed by atoms with E-state index in [-0.39, 0.29) is 18.7 Å². The first kappa shape index (κ1) is 23.7. The monoisotopic (exact) mass is 507 g/mol. The number of anilines is 1. The molecule has 3 amide bonds. The van der Waals surface area contributed by atoms with Crippen LogP contribution < -0.4 is 25.0 Å². The van der Waals surface area contributed by atoms with Gasteiger partial charge in [0.05, 0.1) is 5.56 Å². The molecule has 5 rings (SSSR count). The van der Waals surface area contributed by atoms with Gasteiger partial charge < -0.3 is 29.9 Å². The average molecular weight is 508 g/mol. The van der Waals surface area contributed by atoms with Gasteiger partial charge in [0, 0.05) is 50.5 Å². The van der Waals surface area contributed by atoms with Gasteiger partial charge >= 0.3 is 6.03 Å². The predicted molar refractivity (Wildman–Crippen MR) is 135 cm³/mol. The number of rotatable bonds is 6. The number of amides is 3. The van der Waals surface area contributed by atoms with Crippen molar-refractivity contribution in [2.75, 3.05) is 37.9 Å². The minimum absolute atomic E-state index is 0.118. The van der Waals surface area contributed by atoms with Crippen molar-refractivity contribution in [2.45, 2.75) is 13.1 Å². The Bertz CT molecular complexity index is 1250. The van der Waals surface area contributed by atoms with Gasteiger partial charge in [-0.2, -0.15) is 0 Å². The van der Waals surface area contributed by atoms with Gasteiger partial charge in [-0.3, -0.25) is 4.79 Å². The Labute approximate surface area is 214 Å². The molecule has 2 N–H and O–H groups in total. The maximum atomic E-state index is 13.0. The molecule has 3 heterocycles. The lowest BCUT2D eigenvalue weighted by Crippen LogP contribution is -2.52. The third kappa shape index (κ3) is 5.46. The maximum absolute atomic E-state index is 13.0. The van der Waals surface area contributed by atoms with Gasteiger partial charge in [-0.15, -0.1) is 0 Å². The first-order valence-electron chi connectivity index (χ1n) is 11.7. The van der Waals surface area contributed by atoms with E-state index < -0.39 is 0 Å². The van der Waals surface area contributed by atoms with E-state index in [0.29, 0.717) is 67.2 Å². The van der Waals surface area contributed by atoms with Crippen molar-refractivity contribution in [3.63, 3.8) is 0 Å². The number of benzene rings is 2. The fraction of sp³-hybridized carbons (Fsp3) is 0.269. The van der Waals surface area contributed by atoms with Crippen molar-refractivity contribution < 1.29 is 19.1 Å². The lowest BCUT2D eigenvalue weighted by Gasteiger charge is -2.36. The Morgan fingerprint density at radius 2 is 1.61 bits per heavy atom. The quantitative estimate of drug-likeness (QED) is 0.531. The molecule has 1 aromatic heterocycles. The van der Waals surface area contributed by atoms with Crippen LogP contribution in [0.3, 0.4) is 0 Å². The van der Waals surface area contributed by atoms with Crippen LogP contribution in [0.5, 0.6) is 11.5 Å². The number of nitrogens with zero attached hydrogens (tertiary/aromatic N) is 3. The van der Waals surface area contributed by atoms with E-state index in [1.807, 2.05) is 35.2 Å². The summed E-state index contributed by atoms with van der Waals surface area (Å²) in [7, 11) is 0. The number of urea groups is 1. The number of halogens is 1. The van der Waals surface area contributed by atoms with E-state index in [2.05, 4.69) is 15.6 Å². The molecule has 0 unspecified atom stereocenters. The molecular weight excluding hydrogens is 482 g/mol. The summed E-state index contributed by atoms with van der Waals surface area (Å²) in [5.74, 6) is 1.79. The second-order valence-corrected chi connectivity index (χ2v) is 8.94. The minimum Gasteiger partial charge on any atom is -0.454 e. The van der Waals surface area contributed by atoms with Gasteiger partial charge in [-0.05, 0) is 47.5 Å². The number of fused-ring (bicyclic) bond motifs is 1. The zero-order valence-electron chi connectivity index (χ0n) is 19.6. The van der Waals surface area contributed by atoms with E-state index in [1.165, 1.54) is 0 Å². The molecule has 0 bridgehead atoms. The summed E-state index contributed by atoms with van der Waals surface area (Å²) in [6.45, 7) is 3.21. The Kier molecular flexibility index (Phi) is 7.08. The smallest absolute Gasteiger partial charge is 0.317 e. The van der Waals surface area contributed by atoms with Crippen molar-refractivity contribution >= 4 is 29.4 Å². The fourth-order valence-corrected chi connectivity index (χ4v) is 4.29. The van der Waals surface area contributed by atoms with Gasteiger partial charge in [0.2, 0.25) is 6.79 Å². The maximum Gasteiger partial charge on any atom is 0.317 e. The lowest BCUT2D eigenvalue weighted by atomic mass is 10.1. The van der Waals surface area contributed by atoms with Crippen molar-refractivity contribution in [3.05, 3.63) is 82.5 Å². The second kappa shape index (κ2) is 10.7. The van der Waals surface area contributed by atoms with Crippen molar-refractivity contribution in [3.8, 4) is 11.5 Å². The summed E-state index contributed by atoms with van der Waals surface area (Å²) in [6, 6.07) is 16.4. The summed E-state index contributed by atoms with van der Waals surface area (Å²) in [5.41, 5.74) is 2.39. The predicted octanol–water partition coefficient (Wildman–Crippen LogP) is 3.43. The van der Waals surface area contributed by atoms with Crippen LogP contribution in [-0.2, 0) is 13.1 Å². The van der Waals surface area contributed by atoms with Crippen molar-refractivity contribution in [1.29, 1.82) is 0 Å². The van der Waals surface area contributed by atoms with Crippen LogP contribution >= 0.6 is 11.6 Å². The minimum atomic E-state index is -0.209. The molecule has 1 fully saturated rings. The number of hydrogen-bond acceptors (Lipinski definition) is 6. The van der Waals surface area contributed by atoms with Crippen LogP contribution in [0.4, 0.5) is 10.6 Å². The van der Waals surface area contributed by atoms with Crippen LogP contribution in [0.15, 0.2) is 60.8 Å². The summed E-state index contributed by atoms with van der Waals surface area (Å²) < 4.78 is 10.7. The second-order valence-electron chi connectivity index (χ2n) is 8.50. The summed E-state index contributed by atoms with van der Waals surface area (Å²) in [6.07, 6.45) is 1.68. The zero-order valence-corrected chi connectivity index (χ0v) is 20.3. The molecule has 186 valence electrons. The van der Waals surface area contributed by atoms with Gasteiger partial charge in [0.15, 0.2) is 11.5 Å². The molecule has 2 aliphatic heterocycles. The Morgan fingerprint density at radius 3 is 2.42 bits per heavy atom. The number of nitrogens with one attached hydrogen (secondary N) is 2. The summed E-state index contributed by atoms with van der Waals surface area (Å²) >= 11 is 5.92.